The maximum atomic E-state index is 12.9. The van der Waals surface area contributed by atoms with E-state index in [1.165, 1.54) is 24.5 Å². The summed E-state index contributed by atoms with van der Waals surface area (Å²) >= 11 is 0. The first-order valence-corrected chi connectivity index (χ1v) is 9.76. The molecule has 0 fully saturated rings. The topological polar surface area (TPSA) is 83.1 Å². The third kappa shape index (κ3) is 6.83. The van der Waals surface area contributed by atoms with Crippen LogP contribution in [-0.4, -0.2) is 23.0 Å². The van der Waals surface area contributed by atoms with Crippen LogP contribution in [0.25, 0.3) is 0 Å². The Balaban J connectivity index is 1.65. The Bertz CT molecular complexity index is 1040. The number of rotatable bonds is 7. The van der Waals surface area contributed by atoms with Crippen molar-refractivity contribution in [2.75, 3.05) is 5.32 Å². The highest BCUT2D eigenvalue weighted by Crippen LogP contribution is 2.29. The molecule has 3 amide bonds. The Morgan fingerprint density at radius 2 is 1.59 bits per heavy atom. The van der Waals surface area contributed by atoms with Crippen molar-refractivity contribution in [2.24, 2.45) is 0 Å². The van der Waals surface area contributed by atoms with Gasteiger partial charge in [-0.1, -0.05) is 42.5 Å². The summed E-state index contributed by atoms with van der Waals surface area (Å²) in [7, 11) is 0. The molecule has 0 aliphatic rings. The summed E-state index contributed by atoms with van der Waals surface area (Å²) in [6.07, 6.45) is -1.19. The lowest BCUT2D eigenvalue weighted by Crippen LogP contribution is -2.49. The van der Waals surface area contributed by atoms with Crippen molar-refractivity contribution >= 4 is 17.6 Å². The fourth-order valence-corrected chi connectivity index (χ4v) is 2.97. The standard InChI is InChI=1S/C23H21F3N4O2/c24-23(25,26)18-8-4-7-17(13-18)15-28-22(32)30-20(14-16-5-2-1-3-6-16)21(31)29-19-9-11-27-12-10-19/h1-13,20H,14-15H2,(H,27,29,31)(H2,28,30,32). The smallest absolute Gasteiger partial charge is 0.334 e. The summed E-state index contributed by atoms with van der Waals surface area (Å²) in [6.45, 7) is -0.125. The predicted molar refractivity (Wildman–Crippen MR) is 114 cm³/mol. The van der Waals surface area contributed by atoms with Crippen molar-refractivity contribution in [3.05, 3.63) is 95.8 Å². The van der Waals surface area contributed by atoms with Crippen molar-refractivity contribution in [3.8, 4) is 0 Å². The van der Waals surface area contributed by atoms with E-state index in [9.17, 15) is 22.8 Å². The minimum atomic E-state index is -4.47. The number of anilines is 1. The van der Waals surface area contributed by atoms with Crippen LogP contribution >= 0.6 is 0 Å². The molecule has 1 aromatic heterocycles. The summed E-state index contributed by atoms with van der Waals surface area (Å²) < 4.78 is 38.6. The number of benzene rings is 2. The molecule has 0 spiro atoms. The molecule has 0 saturated heterocycles. The number of carbonyl (C=O) groups is 2. The second kappa shape index (κ2) is 10.4. The molecule has 0 aliphatic heterocycles. The van der Waals surface area contributed by atoms with Gasteiger partial charge in [-0.2, -0.15) is 13.2 Å². The van der Waals surface area contributed by atoms with Crippen LogP contribution < -0.4 is 16.0 Å². The maximum Gasteiger partial charge on any atom is 0.416 e. The van der Waals surface area contributed by atoms with Gasteiger partial charge < -0.3 is 16.0 Å². The first-order chi connectivity index (χ1) is 15.3. The zero-order chi connectivity index (χ0) is 23.0. The number of nitrogens with one attached hydrogen (secondary N) is 3. The van der Waals surface area contributed by atoms with Crippen LogP contribution in [0.4, 0.5) is 23.7 Å². The van der Waals surface area contributed by atoms with E-state index in [2.05, 4.69) is 20.9 Å². The summed E-state index contributed by atoms with van der Waals surface area (Å²) in [5.41, 5.74) is 0.849. The van der Waals surface area contributed by atoms with Gasteiger partial charge in [0.15, 0.2) is 0 Å². The van der Waals surface area contributed by atoms with Crippen molar-refractivity contribution < 1.29 is 22.8 Å². The molecule has 9 heteroatoms. The number of aromatic nitrogens is 1. The van der Waals surface area contributed by atoms with Crippen LogP contribution in [0.1, 0.15) is 16.7 Å². The summed E-state index contributed by atoms with van der Waals surface area (Å²) in [6, 6.07) is 15.5. The van der Waals surface area contributed by atoms with E-state index in [0.29, 0.717) is 5.69 Å². The Morgan fingerprint density at radius 3 is 2.28 bits per heavy atom. The van der Waals surface area contributed by atoms with Crippen LogP contribution in [0.2, 0.25) is 0 Å². The lowest BCUT2D eigenvalue weighted by Gasteiger charge is -2.19. The molecule has 0 aliphatic carbocycles. The average molecular weight is 442 g/mol. The third-order valence-electron chi connectivity index (χ3n) is 4.56. The molecule has 166 valence electrons. The SMILES string of the molecule is O=C(NCc1cccc(C(F)(F)F)c1)NC(Cc1ccccc1)C(=O)Nc1ccncc1. The van der Waals surface area contributed by atoms with Crippen molar-refractivity contribution in [3.63, 3.8) is 0 Å². The molecule has 1 heterocycles. The average Bonchev–Trinajstić information content (AvgIpc) is 2.78. The fourth-order valence-electron chi connectivity index (χ4n) is 2.97. The van der Waals surface area contributed by atoms with Gasteiger partial charge in [-0.3, -0.25) is 9.78 Å². The maximum absolute atomic E-state index is 12.9. The van der Waals surface area contributed by atoms with Gasteiger partial charge >= 0.3 is 12.2 Å². The number of hydrogen-bond donors (Lipinski definition) is 3. The molecule has 0 bridgehead atoms. The minimum Gasteiger partial charge on any atom is -0.334 e. The number of halogens is 3. The quantitative estimate of drug-likeness (QED) is 0.514. The molecule has 32 heavy (non-hydrogen) atoms. The highest BCUT2D eigenvalue weighted by atomic mass is 19.4. The van der Waals surface area contributed by atoms with E-state index in [1.807, 2.05) is 30.3 Å². The number of pyridine rings is 1. The van der Waals surface area contributed by atoms with E-state index in [-0.39, 0.29) is 18.5 Å². The second-order valence-electron chi connectivity index (χ2n) is 6.99. The van der Waals surface area contributed by atoms with Crippen molar-refractivity contribution in [2.45, 2.75) is 25.2 Å². The van der Waals surface area contributed by atoms with Gasteiger partial charge in [0.2, 0.25) is 5.91 Å². The van der Waals surface area contributed by atoms with Crippen LogP contribution in [-0.2, 0) is 23.9 Å². The number of amides is 3. The van der Waals surface area contributed by atoms with Crippen molar-refractivity contribution in [1.29, 1.82) is 0 Å². The Hall–Kier alpha value is -3.88. The van der Waals surface area contributed by atoms with Gasteiger partial charge in [-0.25, -0.2) is 4.79 Å². The molecule has 2 aromatic carbocycles. The first-order valence-electron chi connectivity index (χ1n) is 9.76. The minimum absolute atomic E-state index is 0.125. The molecule has 3 aromatic rings. The Morgan fingerprint density at radius 1 is 0.906 bits per heavy atom. The lowest BCUT2D eigenvalue weighted by molar-refractivity contribution is -0.137. The van der Waals surface area contributed by atoms with E-state index < -0.39 is 29.7 Å². The number of nitrogens with zero attached hydrogens (tertiary/aromatic N) is 1. The van der Waals surface area contributed by atoms with E-state index >= 15 is 0 Å². The van der Waals surface area contributed by atoms with Crippen LogP contribution in [0, 0.1) is 0 Å². The molecule has 6 nitrogen and oxygen atoms in total. The summed E-state index contributed by atoms with van der Waals surface area (Å²) in [5, 5.41) is 7.82. The highest BCUT2D eigenvalue weighted by Gasteiger charge is 2.30. The normalized spacial score (nSPS) is 12.0. The van der Waals surface area contributed by atoms with Crippen LogP contribution in [0.15, 0.2) is 79.1 Å². The second-order valence-corrected chi connectivity index (χ2v) is 6.99. The molecule has 0 saturated carbocycles. The van der Waals surface area contributed by atoms with Gasteiger partial charge in [0.05, 0.1) is 5.56 Å². The molecule has 0 radical (unpaired) electrons. The molecule has 1 unspecified atom stereocenters. The Kier molecular flexibility index (Phi) is 7.43. The monoisotopic (exact) mass is 442 g/mol. The predicted octanol–water partition coefficient (Wildman–Crippen LogP) is 4.15. The van der Waals surface area contributed by atoms with Crippen LogP contribution in [0.5, 0.6) is 0 Å². The van der Waals surface area contributed by atoms with Gasteiger partial charge in [0, 0.05) is 31.0 Å². The van der Waals surface area contributed by atoms with Crippen LogP contribution in [0.3, 0.4) is 0 Å². The number of carbonyl (C=O) groups excluding carboxylic acids is 2. The van der Waals surface area contributed by atoms with Crippen molar-refractivity contribution in [1.82, 2.24) is 15.6 Å². The molecular formula is C23H21F3N4O2. The highest BCUT2D eigenvalue weighted by molar-refractivity contribution is 5.97. The molecule has 3 N–H and O–H groups in total. The first kappa shape index (κ1) is 22.8. The molecule has 1 atom stereocenters. The molecular weight excluding hydrogens is 421 g/mol. The zero-order valence-electron chi connectivity index (χ0n) is 16.9. The number of urea groups is 1. The summed E-state index contributed by atoms with van der Waals surface area (Å²) in [4.78, 5) is 29.1. The van der Waals surface area contributed by atoms with Gasteiger partial charge in [0.25, 0.3) is 0 Å². The number of alkyl halides is 3. The van der Waals surface area contributed by atoms with E-state index in [4.69, 9.17) is 0 Å². The van der Waals surface area contributed by atoms with E-state index in [0.717, 1.165) is 17.7 Å². The fraction of sp³-hybridized carbons (Fsp3) is 0.174. The van der Waals surface area contributed by atoms with Gasteiger partial charge in [-0.05, 0) is 35.4 Å². The van der Waals surface area contributed by atoms with Gasteiger partial charge in [-0.15, -0.1) is 0 Å². The Labute approximate surface area is 182 Å². The van der Waals surface area contributed by atoms with E-state index in [1.54, 1.807) is 12.1 Å². The third-order valence-corrected chi connectivity index (χ3v) is 4.56. The summed E-state index contributed by atoms with van der Waals surface area (Å²) in [5.74, 6) is -0.436. The zero-order valence-corrected chi connectivity index (χ0v) is 16.9. The largest absolute Gasteiger partial charge is 0.416 e. The van der Waals surface area contributed by atoms with Gasteiger partial charge in [0.1, 0.15) is 6.04 Å². The molecule has 3 rings (SSSR count). The lowest BCUT2D eigenvalue weighted by atomic mass is 10.1. The number of hydrogen-bond acceptors (Lipinski definition) is 3.